The molecule has 126 valence electrons. The molecule has 3 rings (SSSR count). The number of piperazine rings is 1. The number of carbonyl (C=O) groups excluding carboxylic acids is 1. The fourth-order valence-corrected chi connectivity index (χ4v) is 3.38. The summed E-state index contributed by atoms with van der Waals surface area (Å²) in [6.07, 6.45) is 3.69. The van der Waals surface area contributed by atoms with Crippen molar-refractivity contribution in [3.8, 4) is 0 Å². The molecule has 0 aliphatic carbocycles. The molecule has 2 aliphatic rings. The highest BCUT2D eigenvalue weighted by molar-refractivity contribution is 5.93. The van der Waals surface area contributed by atoms with Crippen LogP contribution in [0.4, 0.5) is 5.82 Å². The second-order valence-corrected chi connectivity index (χ2v) is 6.43. The Morgan fingerprint density at radius 2 is 1.74 bits per heavy atom. The van der Waals surface area contributed by atoms with Crippen molar-refractivity contribution in [1.82, 2.24) is 19.8 Å². The number of hydrogen-bond donors (Lipinski definition) is 0. The fourth-order valence-electron chi connectivity index (χ4n) is 3.38. The van der Waals surface area contributed by atoms with Crippen molar-refractivity contribution in [3.63, 3.8) is 0 Å². The number of hydrogen-bond acceptors (Lipinski definition) is 5. The number of anilines is 1. The van der Waals surface area contributed by atoms with Crippen LogP contribution in [0.2, 0.25) is 0 Å². The third-order valence-electron chi connectivity index (χ3n) is 4.83. The minimum absolute atomic E-state index is 0.0458. The number of likely N-dealkylation sites (N-methyl/N-ethyl adjacent to an activating group) is 1. The van der Waals surface area contributed by atoms with Crippen LogP contribution in [0, 0.1) is 6.92 Å². The van der Waals surface area contributed by atoms with Crippen LogP contribution in [-0.4, -0.2) is 71.5 Å². The summed E-state index contributed by atoms with van der Waals surface area (Å²) in [5, 5.41) is 0. The summed E-state index contributed by atoms with van der Waals surface area (Å²) in [5.41, 5.74) is 0.544. The number of aryl methyl sites for hydroxylation is 1. The quantitative estimate of drug-likeness (QED) is 0.847. The van der Waals surface area contributed by atoms with Crippen LogP contribution < -0.4 is 4.90 Å². The normalized spacial score (nSPS) is 19.9. The molecule has 23 heavy (non-hydrogen) atoms. The first-order chi connectivity index (χ1) is 11.2. The number of carbonyl (C=O) groups is 1. The molecule has 6 nitrogen and oxygen atoms in total. The van der Waals surface area contributed by atoms with Crippen LogP contribution in [0.1, 0.15) is 42.5 Å². The molecule has 2 aliphatic heterocycles. The average Bonchev–Trinajstić information content (AvgIpc) is 2.61. The molecule has 0 bridgehead atoms. The van der Waals surface area contributed by atoms with E-state index in [1.807, 2.05) is 17.9 Å². The lowest BCUT2D eigenvalue weighted by Crippen LogP contribution is -2.48. The van der Waals surface area contributed by atoms with Gasteiger partial charge in [0.05, 0.1) is 0 Å². The van der Waals surface area contributed by atoms with Crippen molar-refractivity contribution in [1.29, 1.82) is 0 Å². The molecule has 3 heterocycles. The predicted molar refractivity (Wildman–Crippen MR) is 90.9 cm³/mol. The monoisotopic (exact) mass is 317 g/mol. The molecule has 1 amide bonds. The van der Waals surface area contributed by atoms with Crippen molar-refractivity contribution < 1.29 is 4.79 Å². The summed E-state index contributed by atoms with van der Waals surface area (Å²) in [6.45, 7) is 10.6. The summed E-state index contributed by atoms with van der Waals surface area (Å²) < 4.78 is 0. The highest BCUT2D eigenvalue weighted by Gasteiger charge is 2.24. The first-order valence-corrected chi connectivity index (χ1v) is 8.79. The van der Waals surface area contributed by atoms with Gasteiger partial charge in [-0.15, -0.1) is 0 Å². The van der Waals surface area contributed by atoms with Gasteiger partial charge in [-0.1, -0.05) is 6.92 Å². The van der Waals surface area contributed by atoms with Gasteiger partial charge in [0, 0.05) is 45.3 Å². The van der Waals surface area contributed by atoms with E-state index in [0.717, 1.165) is 51.6 Å². The van der Waals surface area contributed by atoms with Crippen LogP contribution >= 0.6 is 0 Å². The summed E-state index contributed by atoms with van der Waals surface area (Å²) in [7, 11) is 0. The van der Waals surface area contributed by atoms with Gasteiger partial charge in [0.15, 0.2) is 0 Å². The Kier molecular flexibility index (Phi) is 5.10. The van der Waals surface area contributed by atoms with E-state index in [2.05, 4.69) is 26.7 Å². The summed E-state index contributed by atoms with van der Waals surface area (Å²) in [5.74, 6) is 1.64. The van der Waals surface area contributed by atoms with Crippen molar-refractivity contribution in [3.05, 3.63) is 17.6 Å². The molecule has 0 saturated carbocycles. The van der Waals surface area contributed by atoms with Gasteiger partial charge in [-0.25, -0.2) is 9.97 Å². The van der Waals surface area contributed by atoms with Crippen LogP contribution in [0.15, 0.2) is 6.07 Å². The fraction of sp³-hybridized carbons (Fsp3) is 0.706. The molecule has 0 spiro atoms. The number of rotatable bonds is 3. The topological polar surface area (TPSA) is 52.6 Å². The van der Waals surface area contributed by atoms with Crippen molar-refractivity contribution in [2.75, 3.05) is 50.7 Å². The predicted octanol–water partition coefficient (Wildman–Crippen LogP) is 1.55. The summed E-state index contributed by atoms with van der Waals surface area (Å²) >= 11 is 0. The Morgan fingerprint density at radius 3 is 2.39 bits per heavy atom. The van der Waals surface area contributed by atoms with E-state index in [9.17, 15) is 4.79 Å². The largest absolute Gasteiger partial charge is 0.356 e. The average molecular weight is 317 g/mol. The van der Waals surface area contributed by atoms with E-state index >= 15 is 0 Å². The van der Waals surface area contributed by atoms with Gasteiger partial charge in [0.1, 0.15) is 17.3 Å². The first-order valence-electron chi connectivity index (χ1n) is 8.79. The summed E-state index contributed by atoms with van der Waals surface area (Å²) in [6, 6.07) is 1.88. The lowest BCUT2D eigenvalue weighted by atomic mass is 10.1. The molecular formula is C17H27N5O. The third-order valence-corrected chi connectivity index (χ3v) is 4.83. The first kappa shape index (κ1) is 16.2. The zero-order valence-electron chi connectivity index (χ0n) is 14.3. The maximum Gasteiger partial charge on any atom is 0.272 e. The minimum atomic E-state index is 0.0458. The Balaban J connectivity index is 1.74. The van der Waals surface area contributed by atoms with Gasteiger partial charge in [-0.3, -0.25) is 4.79 Å². The molecule has 0 aromatic carbocycles. The minimum Gasteiger partial charge on any atom is -0.356 e. The maximum absolute atomic E-state index is 12.8. The van der Waals surface area contributed by atoms with Crippen LogP contribution in [-0.2, 0) is 0 Å². The second kappa shape index (κ2) is 7.25. The molecule has 1 aromatic rings. The van der Waals surface area contributed by atoms with Crippen LogP contribution in [0.25, 0.3) is 0 Å². The van der Waals surface area contributed by atoms with Crippen molar-refractivity contribution in [2.45, 2.75) is 33.1 Å². The Bertz CT molecular complexity index is 548. The Labute approximate surface area is 138 Å². The van der Waals surface area contributed by atoms with Crippen molar-refractivity contribution in [2.24, 2.45) is 0 Å². The Hall–Kier alpha value is -1.69. The molecule has 0 radical (unpaired) electrons. The molecule has 1 aromatic heterocycles. The van der Waals surface area contributed by atoms with Crippen LogP contribution in [0.5, 0.6) is 0 Å². The third kappa shape index (κ3) is 3.80. The highest BCUT2D eigenvalue weighted by atomic mass is 16.2. The van der Waals surface area contributed by atoms with Crippen molar-refractivity contribution >= 4 is 11.7 Å². The number of piperidine rings is 1. The molecule has 0 unspecified atom stereocenters. The van der Waals surface area contributed by atoms with E-state index in [-0.39, 0.29) is 5.91 Å². The highest BCUT2D eigenvalue weighted by Crippen LogP contribution is 2.19. The smallest absolute Gasteiger partial charge is 0.272 e. The second-order valence-electron chi connectivity index (χ2n) is 6.43. The number of aromatic nitrogens is 2. The zero-order chi connectivity index (χ0) is 16.2. The molecular weight excluding hydrogens is 290 g/mol. The SMILES string of the molecule is CCN1CCN(C(=O)c2cc(N3CCCCC3)nc(C)n2)CC1. The standard InChI is InChI=1S/C17H27N5O/c1-3-20-9-11-22(12-10-20)17(23)15-13-16(19-14(2)18-15)21-7-5-4-6-8-21/h13H,3-12H2,1-2H3. The molecule has 2 saturated heterocycles. The van der Waals surface area contributed by atoms with E-state index < -0.39 is 0 Å². The van der Waals surface area contributed by atoms with Gasteiger partial charge in [0.2, 0.25) is 0 Å². The number of nitrogens with zero attached hydrogens (tertiary/aromatic N) is 5. The van der Waals surface area contributed by atoms with E-state index in [4.69, 9.17) is 0 Å². The van der Waals surface area contributed by atoms with Crippen LogP contribution in [0.3, 0.4) is 0 Å². The van der Waals surface area contributed by atoms with Gasteiger partial charge in [-0.05, 0) is 32.7 Å². The van der Waals surface area contributed by atoms with Gasteiger partial charge in [-0.2, -0.15) is 0 Å². The lowest BCUT2D eigenvalue weighted by molar-refractivity contribution is 0.0637. The lowest BCUT2D eigenvalue weighted by Gasteiger charge is -2.34. The van der Waals surface area contributed by atoms with E-state index in [1.54, 1.807) is 0 Å². The van der Waals surface area contributed by atoms with Gasteiger partial charge < -0.3 is 14.7 Å². The number of amides is 1. The van der Waals surface area contributed by atoms with E-state index in [1.165, 1.54) is 19.3 Å². The van der Waals surface area contributed by atoms with Gasteiger partial charge >= 0.3 is 0 Å². The molecule has 0 N–H and O–H groups in total. The molecule has 0 atom stereocenters. The summed E-state index contributed by atoms with van der Waals surface area (Å²) in [4.78, 5) is 28.3. The maximum atomic E-state index is 12.8. The Morgan fingerprint density at radius 1 is 1.04 bits per heavy atom. The zero-order valence-corrected chi connectivity index (χ0v) is 14.3. The molecule has 6 heteroatoms. The molecule has 2 fully saturated rings. The van der Waals surface area contributed by atoms with E-state index in [0.29, 0.717) is 11.5 Å². The van der Waals surface area contributed by atoms with Gasteiger partial charge in [0.25, 0.3) is 5.91 Å².